The number of rotatable bonds is 7. The Hall–Kier alpha value is -3.63. The van der Waals surface area contributed by atoms with Crippen molar-refractivity contribution in [1.29, 1.82) is 0 Å². The van der Waals surface area contributed by atoms with Crippen molar-refractivity contribution in [3.63, 3.8) is 0 Å². The molecule has 4 N–H and O–H groups in total. The lowest BCUT2D eigenvalue weighted by Gasteiger charge is -2.28. The normalized spacial score (nSPS) is 17.3. The van der Waals surface area contributed by atoms with E-state index in [2.05, 4.69) is 20.1 Å². The number of aromatic nitrogens is 3. The van der Waals surface area contributed by atoms with Crippen molar-refractivity contribution < 1.29 is 24.2 Å². The lowest BCUT2D eigenvalue weighted by atomic mass is 9.79. The second-order valence-corrected chi connectivity index (χ2v) is 8.06. The molecule has 0 fully saturated rings. The molecule has 178 valence electrons. The van der Waals surface area contributed by atoms with Crippen LogP contribution < -0.4 is 10.5 Å². The van der Waals surface area contributed by atoms with Crippen LogP contribution in [0.4, 0.5) is 10.3 Å². The number of hydrogen-bond acceptors (Lipinski definition) is 9. The van der Waals surface area contributed by atoms with Gasteiger partial charge in [0.1, 0.15) is 18.5 Å². The summed E-state index contributed by atoms with van der Waals surface area (Å²) in [4.78, 5) is 18.5. The van der Waals surface area contributed by atoms with Crippen LogP contribution in [0.1, 0.15) is 34.9 Å². The van der Waals surface area contributed by atoms with Crippen molar-refractivity contribution in [1.82, 2.24) is 15.0 Å². The summed E-state index contributed by atoms with van der Waals surface area (Å²) in [6.45, 7) is 1.22. The molecule has 34 heavy (non-hydrogen) atoms. The molecule has 0 bridgehead atoms. The van der Waals surface area contributed by atoms with E-state index in [9.17, 15) is 9.50 Å². The van der Waals surface area contributed by atoms with Gasteiger partial charge < -0.3 is 25.5 Å². The molecule has 2 heterocycles. The number of benzene rings is 1. The number of methoxy groups -OCH3 is 1. The number of oxime groups is 1. The van der Waals surface area contributed by atoms with Crippen LogP contribution in [0.2, 0.25) is 0 Å². The Labute approximate surface area is 196 Å². The number of aliphatic hydroxyl groups is 2. The first kappa shape index (κ1) is 23.5. The van der Waals surface area contributed by atoms with Crippen LogP contribution in [0.3, 0.4) is 0 Å². The Balaban J connectivity index is 1.77. The number of nitrogens with two attached hydrogens (primary N) is 1. The van der Waals surface area contributed by atoms with Gasteiger partial charge in [-0.1, -0.05) is 17.3 Å². The van der Waals surface area contributed by atoms with Gasteiger partial charge >= 0.3 is 0 Å². The summed E-state index contributed by atoms with van der Waals surface area (Å²) < 4.78 is 19.5. The Kier molecular flexibility index (Phi) is 6.99. The largest absolute Gasteiger partial charge is 0.481 e. The summed E-state index contributed by atoms with van der Waals surface area (Å²) in [5.74, 6) is 0.0738. The van der Waals surface area contributed by atoms with Crippen molar-refractivity contribution in [2.45, 2.75) is 31.8 Å². The summed E-state index contributed by atoms with van der Waals surface area (Å²) in [6.07, 6.45) is -0.0577. The summed E-state index contributed by atoms with van der Waals surface area (Å²) in [6, 6.07) is 9.94. The number of anilines is 1. The third-order valence-corrected chi connectivity index (χ3v) is 5.67. The fraction of sp³-hybridized carbons (Fsp3) is 0.333. The molecule has 10 heteroatoms. The second kappa shape index (κ2) is 10.1. The zero-order valence-corrected chi connectivity index (χ0v) is 18.9. The van der Waals surface area contributed by atoms with Crippen molar-refractivity contribution in [3.8, 4) is 17.1 Å². The number of fused-ring (bicyclic) bond motifs is 1. The van der Waals surface area contributed by atoms with Crippen LogP contribution in [-0.4, -0.2) is 57.3 Å². The van der Waals surface area contributed by atoms with Crippen LogP contribution in [0.5, 0.6) is 5.88 Å². The van der Waals surface area contributed by atoms with Crippen molar-refractivity contribution >= 4 is 11.7 Å². The molecule has 0 saturated carbocycles. The van der Waals surface area contributed by atoms with Crippen molar-refractivity contribution in [3.05, 3.63) is 64.7 Å². The molecule has 2 atom stereocenters. The quantitative estimate of drug-likeness (QED) is 0.451. The van der Waals surface area contributed by atoms with Gasteiger partial charge in [-0.2, -0.15) is 0 Å². The first-order valence-corrected chi connectivity index (χ1v) is 10.8. The molecule has 3 aromatic rings. The minimum atomic E-state index is -1.05. The van der Waals surface area contributed by atoms with Crippen molar-refractivity contribution in [2.75, 3.05) is 26.1 Å². The molecule has 0 radical (unpaired) electrons. The number of hydrogen-bond donors (Lipinski definition) is 3. The molecule has 0 amide bonds. The third-order valence-electron chi connectivity index (χ3n) is 5.67. The first-order valence-electron chi connectivity index (χ1n) is 10.8. The molecule has 0 unspecified atom stereocenters. The highest BCUT2D eigenvalue weighted by Crippen LogP contribution is 2.38. The zero-order valence-electron chi connectivity index (χ0n) is 18.9. The predicted octanol–water partition coefficient (Wildman–Crippen LogP) is 2.38. The molecule has 2 aromatic heterocycles. The topological polar surface area (TPSA) is 136 Å². The van der Waals surface area contributed by atoms with Gasteiger partial charge in [-0.05, 0) is 43.0 Å². The summed E-state index contributed by atoms with van der Waals surface area (Å²) in [5.41, 5.74) is 10.7. The lowest BCUT2D eigenvalue weighted by Crippen LogP contribution is -2.25. The van der Waals surface area contributed by atoms with Gasteiger partial charge in [0, 0.05) is 23.6 Å². The van der Waals surface area contributed by atoms with E-state index in [0.29, 0.717) is 47.1 Å². The molecule has 0 saturated heterocycles. The zero-order chi connectivity index (χ0) is 24.2. The first-order chi connectivity index (χ1) is 16.4. The molecule has 1 aromatic carbocycles. The minimum absolute atomic E-state index is 0.130. The number of aryl methyl sites for hydroxylation is 1. The van der Waals surface area contributed by atoms with Crippen LogP contribution in [0, 0.1) is 12.7 Å². The smallest absolute Gasteiger partial charge is 0.220 e. The molecular weight excluding hydrogens is 441 g/mol. The Morgan fingerprint density at radius 1 is 1.21 bits per heavy atom. The molecule has 4 rings (SSSR count). The van der Waals surface area contributed by atoms with Crippen molar-refractivity contribution in [2.24, 2.45) is 5.16 Å². The fourth-order valence-corrected chi connectivity index (χ4v) is 4.16. The van der Waals surface area contributed by atoms with Crippen LogP contribution >= 0.6 is 0 Å². The van der Waals surface area contributed by atoms with Gasteiger partial charge in [-0.3, -0.25) is 0 Å². The average molecular weight is 468 g/mol. The molecular formula is C24H26FN5O4. The Bertz CT molecular complexity index is 1220. The van der Waals surface area contributed by atoms with Gasteiger partial charge in [-0.15, -0.1) is 0 Å². The van der Waals surface area contributed by atoms with Gasteiger partial charge in [0.15, 0.2) is 0 Å². The number of nitrogen functional groups attached to an aromatic ring is 1. The molecule has 1 aliphatic rings. The molecule has 0 aliphatic heterocycles. The van der Waals surface area contributed by atoms with Gasteiger partial charge in [0.05, 0.1) is 36.5 Å². The molecule has 1 aliphatic carbocycles. The van der Waals surface area contributed by atoms with E-state index in [1.165, 1.54) is 19.2 Å². The average Bonchev–Trinajstić information content (AvgIpc) is 2.83. The highest BCUT2D eigenvalue weighted by molar-refractivity contribution is 6.03. The minimum Gasteiger partial charge on any atom is -0.481 e. The summed E-state index contributed by atoms with van der Waals surface area (Å²) in [5, 5.41) is 22.9. The van der Waals surface area contributed by atoms with E-state index in [1.54, 1.807) is 24.3 Å². The van der Waals surface area contributed by atoms with E-state index in [4.69, 9.17) is 20.4 Å². The van der Waals surface area contributed by atoms with Crippen LogP contribution in [-0.2, 0) is 11.3 Å². The standard InChI is InChI=1S/C24H26FN5O4/c1-13-23-20(29-24(26)27-13)8-14(9-21(23)30-34-12-16(32)11-31)17-7-6-15(25)10-18(17)19-4-3-5-22(28-19)33-2/h3-7,10,14,16,31-32H,8-9,11-12H2,1-2H3,(H2,26,27,29)/b30-21+/t14-,16-/m1/s1. The third kappa shape index (κ3) is 4.97. The SMILES string of the molecule is COc1cccc(-c2cc(F)ccc2[C@H]2C/C(=N\OC[C@H](O)CO)c3c(C)nc(N)nc3C2)n1. The van der Waals surface area contributed by atoms with Gasteiger partial charge in [-0.25, -0.2) is 19.3 Å². The predicted molar refractivity (Wildman–Crippen MR) is 124 cm³/mol. The lowest BCUT2D eigenvalue weighted by molar-refractivity contribution is 0.00812. The Morgan fingerprint density at radius 2 is 2.03 bits per heavy atom. The maximum atomic E-state index is 14.3. The van der Waals surface area contributed by atoms with Gasteiger partial charge in [0.2, 0.25) is 11.8 Å². The number of nitrogens with zero attached hydrogens (tertiary/aromatic N) is 4. The molecule has 9 nitrogen and oxygen atoms in total. The number of pyridine rings is 1. The van der Waals surface area contributed by atoms with E-state index in [-0.39, 0.29) is 24.3 Å². The maximum Gasteiger partial charge on any atom is 0.220 e. The second-order valence-electron chi connectivity index (χ2n) is 8.06. The van der Waals surface area contributed by atoms with E-state index in [0.717, 1.165) is 11.1 Å². The van der Waals surface area contributed by atoms with E-state index >= 15 is 0 Å². The summed E-state index contributed by atoms with van der Waals surface area (Å²) >= 11 is 0. The number of aliphatic hydroxyl groups excluding tert-OH is 2. The van der Waals surface area contributed by atoms with Gasteiger partial charge in [0.25, 0.3) is 0 Å². The monoisotopic (exact) mass is 467 g/mol. The van der Waals surface area contributed by atoms with Crippen LogP contribution in [0.15, 0.2) is 41.6 Å². The number of ether oxygens (including phenoxy) is 1. The number of halogens is 1. The molecule has 0 spiro atoms. The highest BCUT2D eigenvalue weighted by atomic mass is 19.1. The highest BCUT2D eigenvalue weighted by Gasteiger charge is 2.31. The summed E-state index contributed by atoms with van der Waals surface area (Å²) in [7, 11) is 1.53. The van der Waals surface area contributed by atoms with E-state index in [1.807, 2.05) is 6.92 Å². The maximum absolute atomic E-state index is 14.3. The Morgan fingerprint density at radius 3 is 2.79 bits per heavy atom. The van der Waals surface area contributed by atoms with Crippen LogP contribution in [0.25, 0.3) is 11.3 Å². The fourth-order valence-electron chi connectivity index (χ4n) is 4.16. The van der Waals surface area contributed by atoms with E-state index < -0.39 is 12.7 Å².